The molecule has 4 aliphatic carbocycles. The van der Waals surface area contributed by atoms with Gasteiger partial charge in [-0.05, 0) is 66.5 Å². The lowest BCUT2D eigenvalue weighted by Crippen LogP contribution is -2.45. The Morgan fingerprint density at radius 2 is 1.61 bits per heavy atom. The quantitative estimate of drug-likeness (QED) is 0.521. The van der Waals surface area contributed by atoms with Crippen molar-refractivity contribution < 1.29 is 23.5 Å². The molecule has 2 aromatic rings. The maximum absolute atomic E-state index is 13.6. The second-order valence-corrected chi connectivity index (χ2v) is 9.31. The third-order valence-corrected chi connectivity index (χ3v) is 7.76. The van der Waals surface area contributed by atoms with E-state index in [-0.39, 0.29) is 42.2 Å². The molecular formula is C26H23FN2O4. The van der Waals surface area contributed by atoms with Crippen LogP contribution in [-0.2, 0) is 9.59 Å². The van der Waals surface area contributed by atoms with Crippen molar-refractivity contribution in [3.8, 4) is 5.75 Å². The van der Waals surface area contributed by atoms with Crippen molar-refractivity contribution in [3.63, 3.8) is 0 Å². The number of rotatable bonds is 5. The van der Waals surface area contributed by atoms with E-state index in [0.717, 1.165) is 6.42 Å². The van der Waals surface area contributed by atoms with Gasteiger partial charge in [0.05, 0.1) is 24.5 Å². The van der Waals surface area contributed by atoms with Crippen LogP contribution in [0.5, 0.6) is 5.75 Å². The average molecular weight is 446 g/mol. The second-order valence-electron chi connectivity index (χ2n) is 9.31. The molecule has 33 heavy (non-hydrogen) atoms. The summed E-state index contributed by atoms with van der Waals surface area (Å²) >= 11 is 0. The fraction of sp³-hybridized carbons (Fsp3) is 0.346. The summed E-state index contributed by atoms with van der Waals surface area (Å²) in [7, 11) is 1.47. The minimum atomic E-state index is -0.440. The normalized spacial score (nSPS) is 30.8. The number of allylic oxidation sites excluding steroid dienone is 2. The molecule has 0 spiro atoms. The van der Waals surface area contributed by atoms with E-state index < -0.39 is 11.7 Å². The molecule has 2 aromatic carbocycles. The molecule has 6 unspecified atom stereocenters. The van der Waals surface area contributed by atoms with Crippen LogP contribution < -0.4 is 9.64 Å². The molecule has 0 aromatic heterocycles. The van der Waals surface area contributed by atoms with Crippen LogP contribution in [0, 0.1) is 41.3 Å². The molecule has 1 heterocycles. The number of methoxy groups -OCH3 is 1. The zero-order valence-corrected chi connectivity index (χ0v) is 18.1. The van der Waals surface area contributed by atoms with Gasteiger partial charge in [-0.15, -0.1) is 0 Å². The predicted molar refractivity (Wildman–Crippen MR) is 118 cm³/mol. The number of benzene rings is 2. The van der Waals surface area contributed by atoms with Crippen LogP contribution in [0.4, 0.5) is 10.1 Å². The SMILES string of the molecule is COc1ccccc1C(=O)N(CN1C(=O)C2C3C=CC(C4CC34)C2C1=O)c1ccc(F)cc1. The van der Waals surface area contributed by atoms with Crippen LogP contribution in [-0.4, -0.2) is 36.4 Å². The van der Waals surface area contributed by atoms with Gasteiger partial charge in [-0.3, -0.25) is 24.2 Å². The molecule has 1 saturated heterocycles. The van der Waals surface area contributed by atoms with Crippen molar-refractivity contribution in [1.29, 1.82) is 0 Å². The molecule has 0 radical (unpaired) electrons. The van der Waals surface area contributed by atoms with Crippen molar-refractivity contribution in [2.45, 2.75) is 6.42 Å². The van der Waals surface area contributed by atoms with Gasteiger partial charge in [0, 0.05) is 5.69 Å². The largest absolute Gasteiger partial charge is 0.496 e. The highest BCUT2D eigenvalue weighted by Crippen LogP contribution is 2.65. The molecule has 3 fully saturated rings. The molecular weight excluding hydrogens is 423 g/mol. The monoisotopic (exact) mass is 446 g/mol. The van der Waals surface area contributed by atoms with Gasteiger partial charge in [0.15, 0.2) is 0 Å². The lowest BCUT2D eigenvalue weighted by molar-refractivity contribution is -0.140. The number of carbonyl (C=O) groups is 3. The number of hydrogen-bond donors (Lipinski definition) is 0. The Bertz CT molecular complexity index is 1160. The van der Waals surface area contributed by atoms with E-state index in [4.69, 9.17) is 4.74 Å². The molecule has 6 atom stereocenters. The summed E-state index contributed by atoms with van der Waals surface area (Å²) < 4.78 is 19.0. The molecule has 0 N–H and O–H groups in total. The topological polar surface area (TPSA) is 66.9 Å². The summed E-state index contributed by atoms with van der Waals surface area (Å²) in [6.07, 6.45) is 5.32. The highest BCUT2D eigenvalue weighted by Gasteiger charge is 2.67. The van der Waals surface area contributed by atoms with Gasteiger partial charge >= 0.3 is 0 Å². The first kappa shape index (κ1) is 20.1. The zero-order valence-electron chi connectivity index (χ0n) is 18.1. The highest BCUT2D eigenvalue weighted by atomic mass is 19.1. The number of halogens is 1. The van der Waals surface area contributed by atoms with E-state index in [9.17, 15) is 18.8 Å². The standard InChI is InChI=1S/C26H23FN2O4/c1-33-21-5-3-2-4-18(21)24(30)28(15-8-6-14(27)7-9-15)13-29-25(31)22-16-10-11-17(20-12-19(16)20)23(22)26(29)32/h2-11,16-17,19-20,22-23H,12-13H2,1H3. The maximum Gasteiger partial charge on any atom is 0.263 e. The van der Waals surface area contributed by atoms with Gasteiger partial charge in [-0.1, -0.05) is 24.3 Å². The Morgan fingerprint density at radius 1 is 1.00 bits per heavy atom. The van der Waals surface area contributed by atoms with E-state index in [1.807, 2.05) is 0 Å². The number of likely N-dealkylation sites (tertiary alicyclic amines) is 1. The molecule has 168 valence electrons. The highest BCUT2D eigenvalue weighted by molar-refractivity contribution is 6.10. The number of hydrogen-bond acceptors (Lipinski definition) is 4. The second kappa shape index (κ2) is 7.27. The van der Waals surface area contributed by atoms with Crippen molar-refractivity contribution >= 4 is 23.4 Å². The van der Waals surface area contributed by atoms with E-state index in [1.165, 1.54) is 41.2 Å². The van der Waals surface area contributed by atoms with E-state index in [0.29, 0.717) is 28.8 Å². The first-order valence-corrected chi connectivity index (χ1v) is 11.2. The lowest BCUT2D eigenvalue weighted by Gasteiger charge is -2.37. The average Bonchev–Trinajstić information content (AvgIpc) is 3.63. The van der Waals surface area contributed by atoms with E-state index in [2.05, 4.69) is 12.2 Å². The Hall–Kier alpha value is -3.48. The van der Waals surface area contributed by atoms with E-state index >= 15 is 0 Å². The van der Waals surface area contributed by atoms with Crippen LogP contribution in [0.2, 0.25) is 0 Å². The third-order valence-electron chi connectivity index (χ3n) is 7.76. The number of imide groups is 1. The zero-order chi connectivity index (χ0) is 22.9. The Balaban J connectivity index is 1.35. The van der Waals surface area contributed by atoms with Gasteiger partial charge in [-0.25, -0.2) is 4.39 Å². The molecule has 6 nitrogen and oxygen atoms in total. The van der Waals surface area contributed by atoms with Crippen LogP contribution in [0.15, 0.2) is 60.7 Å². The summed E-state index contributed by atoms with van der Waals surface area (Å²) in [6, 6.07) is 12.2. The van der Waals surface area contributed by atoms with Gasteiger partial charge in [0.1, 0.15) is 18.2 Å². The first-order valence-electron chi connectivity index (χ1n) is 11.2. The van der Waals surface area contributed by atoms with Crippen LogP contribution in [0.3, 0.4) is 0 Å². The number of para-hydroxylation sites is 1. The Kier molecular flexibility index (Phi) is 4.44. The summed E-state index contributed by atoms with van der Waals surface area (Å²) in [6.45, 7) is -0.220. The lowest BCUT2D eigenvalue weighted by atomic mass is 9.63. The Morgan fingerprint density at radius 3 is 2.21 bits per heavy atom. The molecule has 2 bridgehead atoms. The molecule has 7 rings (SSSR count). The number of carbonyl (C=O) groups excluding carboxylic acids is 3. The number of nitrogens with zero attached hydrogens (tertiary/aromatic N) is 2. The van der Waals surface area contributed by atoms with Gasteiger partial charge in [0.2, 0.25) is 11.8 Å². The molecule has 3 amide bonds. The molecule has 5 aliphatic rings. The van der Waals surface area contributed by atoms with Crippen molar-refractivity contribution in [2.75, 3.05) is 18.7 Å². The van der Waals surface area contributed by atoms with E-state index in [1.54, 1.807) is 24.3 Å². The van der Waals surface area contributed by atoms with Gasteiger partial charge in [0.25, 0.3) is 5.91 Å². The van der Waals surface area contributed by atoms with Gasteiger partial charge < -0.3 is 4.74 Å². The third kappa shape index (κ3) is 2.95. The van der Waals surface area contributed by atoms with Crippen LogP contribution >= 0.6 is 0 Å². The molecule has 7 heteroatoms. The van der Waals surface area contributed by atoms with Crippen LogP contribution in [0.1, 0.15) is 16.8 Å². The van der Waals surface area contributed by atoms with Gasteiger partial charge in [-0.2, -0.15) is 0 Å². The molecule has 2 saturated carbocycles. The number of ether oxygens (including phenoxy) is 1. The van der Waals surface area contributed by atoms with Crippen molar-refractivity contribution in [2.24, 2.45) is 35.5 Å². The first-order chi connectivity index (χ1) is 16.0. The summed E-state index contributed by atoms with van der Waals surface area (Å²) in [4.78, 5) is 43.1. The molecule has 1 aliphatic heterocycles. The minimum Gasteiger partial charge on any atom is -0.496 e. The minimum absolute atomic E-state index is 0.107. The van der Waals surface area contributed by atoms with Crippen molar-refractivity contribution in [1.82, 2.24) is 4.90 Å². The summed E-state index contributed by atoms with van der Waals surface area (Å²) in [5.74, 6) is -0.383. The maximum atomic E-state index is 13.6. The summed E-state index contributed by atoms with van der Waals surface area (Å²) in [5, 5.41) is 0. The number of amides is 3. The predicted octanol–water partition coefficient (Wildman–Crippen LogP) is 3.49. The number of anilines is 1. The summed E-state index contributed by atoms with van der Waals surface area (Å²) in [5.41, 5.74) is 0.690. The van der Waals surface area contributed by atoms with Crippen LogP contribution in [0.25, 0.3) is 0 Å². The van der Waals surface area contributed by atoms with Crippen molar-refractivity contribution in [3.05, 3.63) is 72.1 Å². The fourth-order valence-corrected chi connectivity index (χ4v) is 6.15. The smallest absolute Gasteiger partial charge is 0.263 e. The fourth-order valence-electron chi connectivity index (χ4n) is 6.15. The Labute approximate surface area is 190 Å².